The first kappa shape index (κ1) is 27.6. The smallest absolute Gasteiger partial charge is 0.410 e. The van der Waals surface area contributed by atoms with Crippen molar-refractivity contribution in [2.75, 3.05) is 24.6 Å². The van der Waals surface area contributed by atoms with Crippen molar-refractivity contribution in [3.8, 4) is 11.5 Å². The molecule has 0 radical (unpaired) electrons. The van der Waals surface area contributed by atoms with E-state index in [4.69, 9.17) is 14.2 Å². The molecule has 1 amide bonds. The standard InChI is InChI=1S/C26H36N2O7S/c1-25(2,3)35-24(30)28(14-13-17-11-9-8-10-12-17)22-18-15-21(33-6)19(27-36(7,31)32)16-20(18)34-26(4,5)23(22)29/h8-12,15-16,22-23,27,29H,13-14H2,1-7H3/t22-,23+/m0/s1. The number of sulfonamides is 1. The molecule has 0 saturated carbocycles. The zero-order valence-corrected chi connectivity index (χ0v) is 22.7. The molecule has 0 spiro atoms. The molecule has 2 N–H and O–H groups in total. The van der Waals surface area contributed by atoms with E-state index >= 15 is 0 Å². The predicted molar refractivity (Wildman–Crippen MR) is 138 cm³/mol. The van der Waals surface area contributed by atoms with Crippen LogP contribution in [-0.2, 0) is 21.2 Å². The Balaban J connectivity index is 2.13. The minimum atomic E-state index is -3.60. The Labute approximate surface area is 213 Å². The van der Waals surface area contributed by atoms with E-state index in [1.54, 1.807) is 40.7 Å². The number of anilines is 1. The summed E-state index contributed by atoms with van der Waals surface area (Å²) >= 11 is 0. The molecule has 198 valence electrons. The number of carbonyl (C=O) groups excluding carboxylic acids is 1. The molecular formula is C26H36N2O7S. The first-order chi connectivity index (χ1) is 16.6. The summed E-state index contributed by atoms with van der Waals surface area (Å²) in [7, 11) is -2.19. The van der Waals surface area contributed by atoms with Gasteiger partial charge in [0.15, 0.2) is 0 Å². The molecule has 9 nitrogen and oxygen atoms in total. The number of carbonyl (C=O) groups is 1. The van der Waals surface area contributed by atoms with E-state index in [2.05, 4.69) is 4.72 Å². The number of methoxy groups -OCH3 is 1. The number of hydrogen-bond acceptors (Lipinski definition) is 7. The lowest BCUT2D eigenvalue weighted by atomic mass is 9.85. The Bertz CT molecular complexity index is 1190. The maximum atomic E-state index is 13.5. The molecule has 0 fully saturated rings. The van der Waals surface area contributed by atoms with Crippen LogP contribution in [-0.4, -0.2) is 61.7 Å². The van der Waals surface area contributed by atoms with Gasteiger partial charge in [0.1, 0.15) is 28.8 Å². The second-order valence-electron chi connectivity index (χ2n) is 10.5. The van der Waals surface area contributed by atoms with Gasteiger partial charge in [0.2, 0.25) is 10.0 Å². The van der Waals surface area contributed by atoms with E-state index in [1.165, 1.54) is 18.1 Å². The van der Waals surface area contributed by atoms with Crippen molar-refractivity contribution in [1.82, 2.24) is 4.90 Å². The number of nitrogens with one attached hydrogen (secondary N) is 1. The molecule has 0 bridgehead atoms. The van der Waals surface area contributed by atoms with E-state index in [1.807, 2.05) is 30.3 Å². The van der Waals surface area contributed by atoms with Crippen LogP contribution in [0.2, 0.25) is 0 Å². The SMILES string of the molecule is COc1cc2c(cc1NS(C)(=O)=O)OC(C)(C)[C@H](O)[C@H]2N(CCc1ccccc1)C(=O)OC(C)(C)C. The molecule has 2 aromatic carbocycles. The fourth-order valence-electron chi connectivity index (χ4n) is 4.13. The highest BCUT2D eigenvalue weighted by Gasteiger charge is 2.48. The van der Waals surface area contributed by atoms with Crippen molar-refractivity contribution in [2.24, 2.45) is 0 Å². The van der Waals surface area contributed by atoms with Crippen LogP contribution in [0.3, 0.4) is 0 Å². The summed E-state index contributed by atoms with van der Waals surface area (Å²) in [6.07, 6.45) is -0.128. The van der Waals surface area contributed by atoms with Gasteiger partial charge in [-0.25, -0.2) is 13.2 Å². The Morgan fingerprint density at radius 1 is 1.19 bits per heavy atom. The van der Waals surface area contributed by atoms with Gasteiger partial charge in [-0.15, -0.1) is 0 Å². The van der Waals surface area contributed by atoms with Gasteiger partial charge in [0, 0.05) is 18.2 Å². The van der Waals surface area contributed by atoms with Crippen molar-refractivity contribution in [3.05, 3.63) is 53.6 Å². The zero-order valence-electron chi connectivity index (χ0n) is 21.9. The Morgan fingerprint density at radius 3 is 2.39 bits per heavy atom. The largest absolute Gasteiger partial charge is 0.495 e. The lowest BCUT2D eigenvalue weighted by Gasteiger charge is -2.46. The van der Waals surface area contributed by atoms with Gasteiger partial charge in [0.25, 0.3) is 0 Å². The number of hydrogen-bond donors (Lipinski definition) is 2. The normalized spacial score (nSPS) is 19.0. The van der Waals surface area contributed by atoms with E-state index < -0.39 is 39.5 Å². The monoisotopic (exact) mass is 520 g/mol. The number of rotatable bonds is 7. The zero-order chi connectivity index (χ0) is 26.9. The quantitative estimate of drug-likeness (QED) is 0.564. The Kier molecular flexibility index (Phi) is 7.80. The molecule has 2 atom stereocenters. The predicted octanol–water partition coefficient (Wildman–Crippen LogP) is 4.12. The molecule has 1 aliphatic rings. The Hall–Kier alpha value is -2.98. The topological polar surface area (TPSA) is 114 Å². The highest BCUT2D eigenvalue weighted by atomic mass is 32.2. The van der Waals surface area contributed by atoms with Crippen LogP contribution in [0.25, 0.3) is 0 Å². The summed E-state index contributed by atoms with van der Waals surface area (Å²) in [6, 6.07) is 12.0. The van der Waals surface area contributed by atoms with Crippen molar-refractivity contribution < 1.29 is 32.5 Å². The van der Waals surface area contributed by atoms with E-state index in [0.29, 0.717) is 17.7 Å². The van der Waals surface area contributed by atoms with Crippen LogP contribution in [0.15, 0.2) is 42.5 Å². The molecule has 36 heavy (non-hydrogen) atoms. The minimum Gasteiger partial charge on any atom is -0.495 e. The first-order valence-electron chi connectivity index (χ1n) is 11.7. The van der Waals surface area contributed by atoms with Gasteiger partial charge in [0.05, 0.1) is 25.1 Å². The summed E-state index contributed by atoms with van der Waals surface area (Å²) in [5.41, 5.74) is -0.147. The number of fused-ring (bicyclic) bond motifs is 1. The number of aliphatic hydroxyl groups is 1. The van der Waals surface area contributed by atoms with E-state index in [-0.39, 0.29) is 18.0 Å². The van der Waals surface area contributed by atoms with Gasteiger partial charge in [-0.3, -0.25) is 9.62 Å². The fraction of sp³-hybridized carbons (Fsp3) is 0.500. The maximum absolute atomic E-state index is 13.5. The summed E-state index contributed by atoms with van der Waals surface area (Å²) in [4.78, 5) is 15.0. The third-order valence-corrected chi connectivity index (χ3v) is 6.37. The lowest BCUT2D eigenvalue weighted by molar-refractivity contribution is -0.0938. The number of benzene rings is 2. The van der Waals surface area contributed by atoms with Crippen molar-refractivity contribution in [3.63, 3.8) is 0 Å². The molecule has 0 aliphatic carbocycles. The molecule has 0 unspecified atom stereocenters. The molecule has 0 aromatic heterocycles. The second kappa shape index (κ2) is 10.2. The highest BCUT2D eigenvalue weighted by molar-refractivity contribution is 7.92. The van der Waals surface area contributed by atoms with Crippen LogP contribution < -0.4 is 14.2 Å². The number of amides is 1. The minimum absolute atomic E-state index is 0.192. The summed E-state index contributed by atoms with van der Waals surface area (Å²) in [6.45, 7) is 9.04. The molecule has 3 rings (SSSR count). The summed E-state index contributed by atoms with van der Waals surface area (Å²) in [5, 5.41) is 11.5. The van der Waals surface area contributed by atoms with Crippen molar-refractivity contribution in [2.45, 2.75) is 64.4 Å². The van der Waals surface area contributed by atoms with E-state index in [0.717, 1.165) is 11.8 Å². The van der Waals surface area contributed by atoms with E-state index in [9.17, 15) is 18.3 Å². The first-order valence-corrected chi connectivity index (χ1v) is 13.6. The number of nitrogens with zero attached hydrogens (tertiary/aromatic N) is 1. The van der Waals surface area contributed by atoms with Crippen LogP contribution >= 0.6 is 0 Å². The molecule has 0 saturated heterocycles. The highest BCUT2D eigenvalue weighted by Crippen LogP contribution is 2.47. The molecule has 10 heteroatoms. The van der Waals surface area contributed by atoms with Gasteiger partial charge in [-0.05, 0) is 52.7 Å². The van der Waals surface area contributed by atoms with Crippen LogP contribution in [0.5, 0.6) is 11.5 Å². The third-order valence-electron chi connectivity index (χ3n) is 5.78. The van der Waals surface area contributed by atoms with Crippen LogP contribution in [0.1, 0.15) is 51.8 Å². The average molecular weight is 521 g/mol. The molecular weight excluding hydrogens is 484 g/mol. The average Bonchev–Trinajstić information content (AvgIpc) is 2.74. The summed E-state index contributed by atoms with van der Waals surface area (Å²) in [5.74, 6) is 0.558. The van der Waals surface area contributed by atoms with Gasteiger partial charge in [-0.1, -0.05) is 30.3 Å². The third kappa shape index (κ3) is 6.61. The number of ether oxygens (including phenoxy) is 3. The van der Waals surface area contributed by atoms with Crippen LogP contribution in [0.4, 0.5) is 10.5 Å². The summed E-state index contributed by atoms with van der Waals surface area (Å²) < 4.78 is 43.5. The maximum Gasteiger partial charge on any atom is 0.410 e. The van der Waals surface area contributed by atoms with Crippen molar-refractivity contribution in [1.29, 1.82) is 0 Å². The second-order valence-corrected chi connectivity index (χ2v) is 12.2. The van der Waals surface area contributed by atoms with Crippen LogP contribution in [0, 0.1) is 0 Å². The van der Waals surface area contributed by atoms with Crippen molar-refractivity contribution >= 4 is 21.8 Å². The van der Waals surface area contributed by atoms with Gasteiger partial charge < -0.3 is 19.3 Å². The Morgan fingerprint density at radius 2 is 1.83 bits per heavy atom. The fourth-order valence-corrected chi connectivity index (χ4v) is 4.69. The van der Waals surface area contributed by atoms with Gasteiger partial charge >= 0.3 is 6.09 Å². The molecule has 1 heterocycles. The molecule has 1 aliphatic heterocycles. The number of aliphatic hydroxyl groups excluding tert-OH is 1. The lowest BCUT2D eigenvalue weighted by Crippen LogP contribution is -2.55. The van der Waals surface area contributed by atoms with Gasteiger partial charge in [-0.2, -0.15) is 0 Å². The molecule has 2 aromatic rings.